The number of aryl methyl sites for hydroxylation is 2. The molecule has 1 saturated heterocycles. The molecule has 3 N–H and O–H groups in total. The van der Waals surface area contributed by atoms with Crippen LogP contribution in [0.15, 0.2) is 42.5 Å². The number of carbonyl (C=O) groups is 2. The van der Waals surface area contributed by atoms with Gasteiger partial charge in [-0.2, -0.15) is 0 Å². The highest BCUT2D eigenvalue weighted by Crippen LogP contribution is 2.20. The minimum atomic E-state index is -0.489. The highest BCUT2D eigenvalue weighted by molar-refractivity contribution is 6.01. The van der Waals surface area contributed by atoms with Gasteiger partial charge >= 0.3 is 6.03 Å². The molecule has 29 heavy (non-hydrogen) atoms. The Bertz CT molecular complexity index is 876. The van der Waals surface area contributed by atoms with Crippen LogP contribution in [0.3, 0.4) is 0 Å². The summed E-state index contributed by atoms with van der Waals surface area (Å²) in [5.74, 6) is 0.573. The Morgan fingerprint density at radius 3 is 2.55 bits per heavy atom. The molecular weight excluding hydrogens is 368 g/mol. The topological polar surface area (TPSA) is 75.1 Å². The van der Waals surface area contributed by atoms with Gasteiger partial charge in [0.1, 0.15) is 5.75 Å². The van der Waals surface area contributed by atoms with E-state index in [-0.39, 0.29) is 12.5 Å². The van der Waals surface area contributed by atoms with Crippen LogP contribution >= 0.6 is 0 Å². The third kappa shape index (κ3) is 5.71. The maximum absolute atomic E-state index is 12.3. The summed E-state index contributed by atoms with van der Waals surface area (Å²) in [6.07, 6.45) is 0. The number of hydrogen-bond donors (Lipinski definition) is 3. The van der Waals surface area contributed by atoms with E-state index in [0.29, 0.717) is 5.69 Å². The summed E-state index contributed by atoms with van der Waals surface area (Å²) in [4.78, 5) is 27.8. The van der Waals surface area contributed by atoms with Crippen LogP contribution in [0.2, 0.25) is 0 Å². The lowest BCUT2D eigenvalue weighted by Gasteiger charge is -2.33. The van der Waals surface area contributed by atoms with Gasteiger partial charge in [0.2, 0.25) is 0 Å². The minimum absolute atomic E-state index is 0.267. The Kier molecular flexibility index (Phi) is 6.72. The number of imide groups is 1. The SMILES string of the molecule is COc1cccc(N2CC[NH+](CC(=O)NC(=O)Nc3ccc(C)cc3C)CC2)c1. The molecule has 0 spiro atoms. The predicted molar refractivity (Wildman–Crippen MR) is 114 cm³/mol. The fraction of sp³-hybridized carbons (Fsp3) is 0.364. The van der Waals surface area contributed by atoms with Crippen molar-refractivity contribution in [2.75, 3.05) is 50.1 Å². The summed E-state index contributed by atoms with van der Waals surface area (Å²) in [6, 6.07) is 13.3. The standard InChI is InChI=1S/C22H28N4O3/c1-16-7-8-20(17(2)13-16)23-22(28)24-21(27)15-25-9-11-26(12-10-25)18-5-4-6-19(14-18)29-3/h4-8,13-14H,9-12,15H2,1-3H3,(H2,23,24,27,28)/p+1. The lowest BCUT2D eigenvalue weighted by atomic mass is 10.1. The fourth-order valence-electron chi connectivity index (χ4n) is 3.57. The second-order valence-corrected chi connectivity index (χ2v) is 7.44. The molecule has 0 aliphatic carbocycles. The number of ether oxygens (including phenoxy) is 1. The molecule has 0 saturated carbocycles. The Labute approximate surface area is 171 Å². The van der Waals surface area contributed by atoms with Crippen molar-refractivity contribution < 1.29 is 19.2 Å². The average Bonchev–Trinajstić information content (AvgIpc) is 2.70. The molecular formula is C22H29N4O3+. The van der Waals surface area contributed by atoms with Gasteiger partial charge in [-0.05, 0) is 37.6 Å². The van der Waals surface area contributed by atoms with Crippen molar-refractivity contribution in [3.05, 3.63) is 53.6 Å². The molecule has 7 nitrogen and oxygen atoms in total. The first-order valence-electron chi connectivity index (χ1n) is 9.85. The molecule has 1 fully saturated rings. The van der Waals surface area contributed by atoms with Crippen LogP contribution in [0.1, 0.15) is 11.1 Å². The summed E-state index contributed by atoms with van der Waals surface area (Å²) >= 11 is 0. The summed E-state index contributed by atoms with van der Waals surface area (Å²) in [7, 11) is 1.66. The monoisotopic (exact) mass is 397 g/mol. The van der Waals surface area contributed by atoms with Gasteiger partial charge in [-0.3, -0.25) is 10.1 Å². The molecule has 2 aromatic carbocycles. The smallest absolute Gasteiger partial charge is 0.326 e. The minimum Gasteiger partial charge on any atom is -0.497 e. The number of benzene rings is 2. The first kappa shape index (κ1) is 20.7. The third-order valence-corrected chi connectivity index (χ3v) is 5.18. The van der Waals surface area contributed by atoms with Gasteiger partial charge in [-0.25, -0.2) is 4.79 Å². The molecule has 3 rings (SSSR count). The number of rotatable bonds is 5. The number of anilines is 2. The van der Waals surface area contributed by atoms with Gasteiger partial charge in [0, 0.05) is 17.4 Å². The Balaban J connectivity index is 1.45. The molecule has 2 aromatic rings. The van der Waals surface area contributed by atoms with Crippen molar-refractivity contribution in [2.45, 2.75) is 13.8 Å². The van der Waals surface area contributed by atoms with E-state index in [1.54, 1.807) is 7.11 Å². The molecule has 7 heteroatoms. The van der Waals surface area contributed by atoms with Crippen molar-refractivity contribution >= 4 is 23.3 Å². The van der Waals surface area contributed by atoms with Gasteiger partial charge in [0.05, 0.1) is 33.3 Å². The second kappa shape index (κ2) is 9.43. The van der Waals surface area contributed by atoms with E-state index < -0.39 is 6.03 Å². The number of hydrogen-bond acceptors (Lipinski definition) is 4. The van der Waals surface area contributed by atoms with Crippen molar-refractivity contribution in [2.24, 2.45) is 0 Å². The molecule has 0 bridgehead atoms. The highest BCUT2D eigenvalue weighted by Gasteiger charge is 2.23. The Morgan fingerprint density at radius 1 is 1.10 bits per heavy atom. The van der Waals surface area contributed by atoms with Crippen LogP contribution in [0.5, 0.6) is 5.75 Å². The van der Waals surface area contributed by atoms with Crippen LogP contribution in [-0.2, 0) is 4.79 Å². The van der Waals surface area contributed by atoms with E-state index in [1.807, 2.05) is 50.2 Å². The Hall–Kier alpha value is -3.06. The largest absolute Gasteiger partial charge is 0.497 e. The molecule has 1 heterocycles. The summed E-state index contributed by atoms with van der Waals surface area (Å²) < 4.78 is 5.29. The summed E-state index contributed by atoms with van der Waals surface area (Å²) in [5.41, 5.74) is 3.92. The fourth-order valence-corrected chi connectivity index (χ4v) is 3.57. The number of nitrogens with zero attached hydrogens (tertiary/aromatic N) is 1. The number of methoxy groups -OCH3 is 1. The molecule has 0 unspecified atom stereocenters. The zero-order chi connectivity index (χ0) is 20.8. The molecule has 154 valence electrons. The molecule has 0 aromatic heterocycles. The number of piperazine rings is 1. The van der Waals surface area contributed by atoms with Crippen molar-refractivity contribution in [1.29, 1.82) is 0 Å². The maximum atomic E-state index is 12.3. The van der Waals surface area contributed by atoms with E-state index in [0.717, 1.165) is 48.7 Å². The van der Waals surface area contributed by atoms with Crippen molar-refractivity contribution in [3.8, 4) is 5.75 Å². The first-order valence-corrected chi connectivity index (χ1v) is 9.85. The van der Waals surface area contributed by atoms with Crippen LogP contribution in [0.4, 0.5) is 16.2 Å². The Morgan fingerprint density at radius 2 is 1.86 bits per heavy atom. The van der Waals surface area contributed by atoms with E-state index in [2.05, 4.69) is 21.6 Å². The van der Waals surface area contributed by atoms with Gasteiger partial charge in [0.25, 0.3) is 5.91 Å². The highest BCUT2D eigenvalue weighted by atomic mass is 16.5. The molecule has 1 aliphatic rings. The predicted octanol–water partition coefficient (Wildman–Crippen LogP) is 1.37. The zero-order valence-corrected chi connectivity index (χ0v) is 17.2. The molecule has 1 aliphatic heterocycles. The average molecular weight is 397 g/mol. The van der Waals surface area contributed by atoms with Gasteiger partial charge in [-0.15, -0.1) is 0 Å². The number of urea groups is 1. The lowest BCUT2D eigenvalue weighted by Crippen LogP contribution is -3.16. The van der Waals surface area contributed by atoms with Gasteiger partial charge < -0.3 is 19.9 Å². The van der Waals surface area contributed by atoms with E-state index in [1.165, 1.54) is 4.90 Å². The quantitative estimate of drug-likeness (QED) is 0.712. The van der Waals surface area contributed by atoms with Crippen molar-refractivity contribution in [1.82, 2.24) is 5.32 Å². The normalized spacial score (nSPS) is 14.4. The number of quaternary nitrogens is 1. The van der Waals surface area contributed by atoms with Gasteiger partial charge in [0.15, 0.2) is 6.54 Å². The van der Waals surface area contributed by atoms with Crippen LogP contribution in [-0.4, -0.2) is 51.8 Å². The summed E-state index contributed by atoms with van der Waals surface area (Å²) in [6.45, 7) is 7.58. The number of carbonyl (C=O) groups excluding carboxylic acids is 2. The lowest BCUT2D eigenvalue weighted by molar-refractivity contribution is -0.892. The zero-order valence-electron chi connectivity index (χ0n) is 17.2. The maximum Gasteiger partial charge on any atom is 0.326 e. The number of nitrogens with one attached hydrogen (secondary N) is 3. The molecule has 0 radical (unpaired) electrons. The van der Waals surface area contributed by atoms with Crippen LogP contribution in [0, 0.1) is 13.8 Å². The molecule has 0 atom stereocenters. The summed E-state index contributed by atoms with van der Waals surface area (Å²) in [5, 5.41) is 5.18. The third-order valence-electron chi connectivity index (χ3n) is 5.18. The van der Waals surface area contributed by atoms with Crippen LogP contribution in [0.25, 0.3) is 0 Å². The van der Waals surface area contributed by atoms with Crippen molar-refractivity contribution in [3.63, 3.8) is 0 Å². The first-order chi connectivity index (χ1) is 13.9. The van der Waals surface area contributed by atoms with Gasteiger partial charge in [-0.1, -0.05) is 23.8 Å². The van der Waals surface area contributed by atoms with E-state index >= 15 is 0 Å². The van der Waals surface area contributed by atoms with E-state index in [9.17, 15) is 9.59 Å². The van der Waals surface area contributed by atoms with E-state index in [4.69, 9.17) is 4.74 Å². The number of amides is 3. The van der Waals surface area contributed by atoms with Crippen LogP contribution < -0.4 is 25.2 Å². The second-order valence-electron chi connectivity index (χ2n) is 7.44. The molecule has 3 amide bonds.